The maximum atomic E-state index is 12.4. The van der Waals surface area contributed by atoms with Crippen LogP contribution in [0.2, 0.25) is 0 Å². The Labute approximate surface area is 157 Å². The number of amides is 1. The summed E-state index contributed by atoms with van der Waals surface area (Å²) in [6.07, 6.45) is 3.95. The molecule has 1 heterocycles. The van der Waals surface area contributed by atoms with Gasteiger partial charge in [-0.05, 0) is 52.5 Å². The molecule has 2 rings (SSSR count). The zero-order valence-corrected chi connectivity index (χ0v) is 15.9. The predicted molar refractivity (Wildman–Crippen MR) is 102 cm³/mol. The van der Waals surface area contributed by atoms with E-state index in [1.807, 2.05) is 0 Å². The third kappa shape index (κ3) is 5.06. The maximum absolute atomic E-state index is 12.4. The van der Waals surface area contributed by atoms with Crippen molar-refractivity contribution in [3.63, 3.8) is 0 Å². The van der Waals surface area contributed by atoms with Gasteiger partial charge in [-0.1, -0.05) is 36.5 Å². The van der Waals surface area contributed by atoms with Gasteiger partial charge in [0.25, 0.3) is 5.91 Å². The zero-order chi connectivity index (χ0) is 17.7. The van der Waals surface area contributed by atoms with E-state index in [0.717, 1.165) is 18.4 Å². The van der Waals surface area contributed by atoms with Crippen molar-refractivity contribution in [2.45, 2.75) is 25.7 Å². The minimum Gasteiger partial charge on any atom is -0.507 e. The van der Waals surface area contributed by atoms with Crippen molar-refractivity contribution in [2.75, 3.05) is 6.54 Å². The first-order valence-electron chi connectivity index (χ1n) is 7.34. The van der Waals surface area contributed by atoms with Crippen LogP contribution in [-0.4, -0.2) is 37.9 Å². The Hall–Kier alpha value is -1.38. The van der Waals surface area contributed by atoms with E-state index in [9.17, 15) is 14.7 Å². The fourth-order valence-electron chi connectivity index (χ4n) is 2.18. The van der Waals surface area contributed by atoms with Gasteiger partial charge >= 0.3 is 5.97 Å². The van der Waals surface area contributed by atoms with E-state index in [0.29, 0.717) is 26.7 Å². The van der Waals surface area contributed by atoms with Crippen molar-refractivity contribution in [1.82, 2.24) is 4.90 Å². The van der Waals surface area contributed by atoms with Gasteiger partial charge in [0.15, 0.2) is 0 Å². The van der Waals surface area contributed by atoms with Crippen molar-refractivity contribution in [1.29, 1.82) is 0 Å². The normalized spacial score (nSPS) is 16.2. The van der Waals surface area contributed by atoms with Crippen LogP contribution in [-0.2, 0) is 9.59 Å². The molecule has 0 bridgehead atoms. The Morgan fingerprint density at radius 1 is 1.33 bits per heavy atom. The number of aliphatic carboxylic acids is 1. The Morgan fingerprint density at radius 2 is 2.08 bits per heavy atom. The lowest BCUT2D eigenvalue weighted by molar-refractivity contribution is -0.137. The number of thiocarbonyl (C=S) groups is 1. The Morgan fingerprint density at radius 3 is 2.75 bits per heavy atom. The molecule has 24 heavy (non-hydrogen) atoms. The quantitative estimate of drug-likeness (QED) is 0.387. The molecule has 5 nitrogen and oxygen atoms in total. The largest absolute Gasteiger partial charge is 0.507 e. The van der Waals surface area contributed by atoms with Crippen LogP contribution >= 0.6 is 39.9 Å². The van der Waals surface area contributed by atoms with Gasteiger partial charge in [0.2, 0.25) is 0 Å². The van der Waals surface area contributed by atoms with Gasteiger partial charge in [0, 0.05) is 13.0 Å². The number of hydrogen-bond acceptors (Lipinski definition) is 5. The smallest absolute Gasteiger partial charge is 0.303 e. The summed E-state index contributed by atoms with van der Waals surface area (Å²) in [7, 11) is 0. The van der Waals surface area contributed by atoms with Crippen LogP contribution in [0.5, 0.6) is 5.75 Å². The molecular weight excluding hydrogens is 414 g/mol. The molecule has 1 aliphatic heterocycles. The summed E-state index contributed by atoms with van der Waals surface area (Å²) >= 11 is 9.76. The minimum atomic E-state index is -0.802. The van der Waals surface area contributed by atoms with Crippen LogP contribution in [0, 0.1) is 0 Å². The lowest BCUT2D eigenvalue weighted by Crippen LogP contribution is -2.29. The van der Waals surface area contributed by atoms with Gasteiger partial charge in [-0.25, -0.2) is 0 Å². The van der Waals surface area contributed by atoms with Gasteiger partial charge in [-0.3, -0.25) is 14.5 Å². The molecule has 1 aromatic carbocycles. The molecule has 0 aliphatic carbocycles. The Bertz CT molecular complexity index is 705. The number of carbonyl (C=O) groups excluding carboxylic acids is 1. The molecule has 1 fully saturated rings. The van der Waals surface area contributed by atoms with Crippen molar-refractivity contribution < 1.29 is 19.8 Å². The SMILES string of the molecule is O=C(O)CCCCCN1C(=O)C(=Cc2ccc(O)c(Br)c2)SC1=S. The standard InChI is InChI=1S/C16H16BrNO4S2/c17-11-8-10(5-6-12(11)19)9-13-15(22)18(16(23)24-13)7-3-1-2-4-14(20)21/h5-6,8-9,19H,1-4,7H2,(H,20,21). The summed E-state index contributed by atoms with van der Waals surface area (Å²) < 4.78 is 1.08. The number of unbranched alkanes of at least 4 members (excludes halogenated alkanes) is 2. The number of rotatable bonds is 7. The molecule has 0 saturated carbocycles. The molecular formula is C16H16BrNO4S2. The van der Waals surface area contributed by atoms with Crippen LogP contribution in [0.25, 0.3) is 6.08 Å². The third-order valence-electron chi connectivity index (χ3n) is 3.42. The monoisotopic (exact) mass is 429 g/mol. The van der Waals surface area contributed by atoms with Crippen molar-refractivity contribution in [3.8, 4) is 5.75 Å². The van der Waals surface area contributed by atoms with Gasteiger partial charge < -0.3 is 10.2 Å². The van der Waals surface area contributed by atoms with E-state index in [4.69, 9.17) is 17.3 Å². The third-order valence-corrected chi connectivity index (χ3v) is 5.43. The van der Waals surface area contributed by atoms with Crippen molar-refractivity contribution in [2.24, 2.45) is 0 Å². The Balaban J connectivity index is 1.96. The van der Waals surface area contributed by atoms with Gasteiger partial charge in [0.1, 0.15) is 10.1 Å². The molecule has 1 aliphatic rings. The number of aromatic hydroxyl groups is 1. The number of halogens is 1. The molecule has 0 atom stereocenters. The van der Waals surface area contributed by atoms with Gasteiger partial charge in [0.05, 0.1) is 9.38 Å². The molecule has 128 valence electrons. The summed E-state index contributed by atoms with van der Waals surface area (Å²) in [4.78, 5) is 25.0. The number of phenolic OH excluding ortho intramolecular Hbond substituents is 1. The van der Waals surface area contributed by atoms with Gasteiger partial charge in [-0.2, -0.15) is 0 Å². The summed E-state index contributed by atoms with van der Waals surface area (Å²) in [5.41, 5.74) is 0.793. The van der Waals surface area contributed by atoms with Crippen LogP contribution in [0.3, 0.4) is 0 Å². The summed E-state index contributed by atoms with van der Waals surface area (Å²) in [5, 5.41) is 18.1. The first-order valence-corrected chi connectivity index (χ1v) is 9.36. The van der Waals surface area contributed by atoms with Crippen LogP contribution in [0.1, 0.15) is 31.2 Å². The fraction of sp³-hybridized carbons (Fsp3) is 0.312. The lowest BCUT2D eigenvalue weighted by atomic mass is 10.2. The predicted octanol–water partition coefficient (Wildman–Crippen LogP) is 4.00. The molecule has 1 amide bonds. The second kappa shape index (κ2) is 8.64. The van der Waals surface area contributed by atoms with Gasteiger partial charge in [-0.15, -0.1) is 0 Å². The highest BCUT2D eigenvalue weighted by molar-refractivity contribution is 9.10. The number of benzene rings is 1. The van der Waals surface area contributed by atoms with Crippen LogP contribution in [0.4, 0.5) is 0 Å². The number of thioether (sulfide) groups is 1. The second-order valence-corrected chi connectivity index (χ2v) is 7.78. The zero-order valence-electron chi connectivity index (χ0n) is 12.7. The number of carbonyl (C=O) groups is 2. The van der Waals surface area contributed by atoms with E-state index in [1.165, 1.54) is 11.8 Å². The van der Waals surface area contributed by atoms with E-state index in [2.05, 4.69) is 15.9 Å². The topological polar surface area (TPSA) is 77.8 Å². The molecule has 0 spiro atoms. The second-order valence-electron chi connectivity index (χ2n) is 5.25. The fourth-order valence-corrected chi connectivity index (χ4v) is 3.89. The highest BCUT2D eigenvalue weighted by atomic mass is 79.9. The first-order chi connectivity index (χ1) is 11.4. The molecule has 0 radical (unpaired) electrons. The van der Waals surface area contributed by atoms with E-state index in [1.54, 1.807) is 29.2 Å². The molecule has 0 aromatic heterocycles. The van der Waals surface area contributed by atoms with Crippen LogP contribution in [0.15, 0.2) is 27.6 Å². The minimum absolute atomic E-state index is 0.132. The molecule has 0 unspecified atom stereocenters. The average Bonchev–Trinajstić information content (AvgIpc) is 2.77. The summed E-state index contributed by atoms with van der Waals surface area (Å²) in [5.74, 6) is -0.794. The van der Waals surface area contributed by atoms with E-state index < -0.39 is 5.97 Å². The van der Waals surface area contributed by atoms with Crippen molar-refractivity contribution >= 4 is 62.2 Å². The van der Waals surface area contributed by atoms with Crippen molar-refractivity contribution in [3.05, 3.63) is 33.1 Å². The number of hydrogen-bond donors (Lipinski definition) is 2. The Kier molecular flexibility index (Phi) is 6.82. The first kappa shape index (κ1) is 19.0. The summed E-state index contributed by atoms with van der Waals surface area (Å²) in [6.45, 7) is 0.501. The molecule has 1 aromatic rings. The highest BCUT2D eigenvalue weighted by Gasteiger charge is 2.31. The number of carboxylic acid groups (broad SMARTS) is 1. The summed E-state index contributed by atoms with van der Waals surface area (Å²) in [6, 6.07) is 5.01. The number of phenols is 1. The number of nitrogens with zero attached hydrogens (tertiary/aromatic N) is 1. The van der Waals surface area contributed by atoms with E-state index >= 15 is 0 Å². The van der Waals surface area contributed by atoms with Crippen LogP contribution < -0.4 is 0 Å². The highest BCUT2D eigenvalue weighted by Crippen LogP contribution is 2.34. The number of carboxylic acids is 1. The maximum Gasteiger partial charge on any atom is 0.303 e. The molecule has 8 heteroatoms. The molecule has 2 N–H and O–H groups in total. The van der Waals surface area contributed by atoms with E-state index in [-0.39, 0.29) is 18.1 Å². The lowest BCUT2D eigenvalue weighted by Gasteiger charge is -2.13. The molecule has 1 saturated heterocycles. The average molecular weight is 430 g/mol.